The first kappa shape index (κ1) is 16.0. The van der Waals surface area contributed by atoms with Crippen molar-refractivity contribution < 1.29 is 4.79 Å². The van der Waals surface area contributed by atoms with Gasteiger partial charge >= 0.3 is 0 Å². The lowest BCUT2D eigenvalue weighted by Crippen LogP contribution is -2.46. The van der Waals surface area contributed by atoms with Crippen molar-refractivity contribution in [3.05, 3.63) is 35.4 Å². The van der Waals surface area contributed by atoms with Crippen LogP contribution >= 0.6 is 0 Å². The third-order valence-electron chi connectivity index (χ3n) is 4.46. The summed E-state index contributed by atoms with van der Waals surface area (Å²) in [5.41, 5.74) is 2.80. The summed E-state index contributed by atoms with van der Waals surface area (Å²) in [4.78, 5) is 12.1. The number of fused-ring (bicyclic) bond motifs is 1. The first-order valence-electron chi connectivity index (χ1n) is 8.09. The summed E-state index contributed by atoms with van der Waals surface area (Å²) in [6, 6.07) is 8.83. The molecule has 2 rings (SSSR count). The number of hydrogen-bond acceptors (Lipinski definition) is 2. The molecule has 0 spiro atoms. The Morgan fingerprint density at radius 3 is 2.52 bits per heavy atom. The van der Waals surface area contributed by atoms with Gasteiger partial charge in [-0.3, -0.25) is 10.1 Å². The van der Waals surface area contributed by atoms with E-state index in [1.165, 1.54) is 17.5 Å². The standard InChI is InChI=1S/C18H28N2O/c1-12(2)11-17(18(21)19-4)20-16-10-9-13(3)14-7-5-6-8-15(14)16/h5-8,12-13,16-17,20H,9-11H2,1-4H3,(H,19,21). The summed E-state index contributed by atoms with van der Waals surface area (Å²) >= 11 is 0. The fourth-order valence-electron chi connectivity index (χ4n) is 3.32. The van der Waals surface area contributed by atoms with E-state index in [2.05, 4.69) is 55.7 Å². The van der Waals surface area contributed by atoms with Crippen molar-refractivity contribution in [3.63, 3.8) is 0 Å². The average molecular weight is 288 g/mol. The van der Waals surface area contributed by atoms with Crippen LogP contribution in [0.15, 0.2) is 24.3 Å². The Morgan fingerprint density at radius 2 is 1.90 bits per heavy atom. The lowest BCUT2D eigenvalue weighted by atomic mass is 9.80. The Hall–Kier alpha value is -1.35. The molecule has 0 saturated carbocycles. The summed E-state index contributed by atoms with van der Waals surface area (Å²) in [5.74, 6) is 1.21. The summed E-state index contributed by atoms with van der Waals surface area (Å²) in [5, 5.41) is 6.39. The van der Waals surface area contributed by atoms with Crippen molar-refractivity contribution in [1.29, 1.82) is 0 Å². The van der Waals surface area contributed by atoms with E-state index in [-0.39, 0.29) is 11.9 Å². The molecule has 3 heteroatoms. The normalized spacial score (nSPS) is 22.7. The monoisotopic (exact) mass is 288 g/mol. The third kappa shape index (κ3) is 3.85. The number of amides is 1. The van der Waals surface area contributed by atoms with Crippen molar-refractivity contribution in [1.82, 2.24) is 10.6 Å². The Morgan fingerprint density at radius 1 is 1.24 bits per heavy atom. The molecule has 21 heavy (non-hydrogen) atoms. The molecule has 116 valence electrons. The van der Waals surface area contributed by atoms with E-state index in [1.807, 2.05) is 0 Å². The molecule has 0 bridgehead atoms. The number of hydrogen-bond donors (Lipinski definition) is 2. The van der Waals surface area contributed by atoms with Gasteiger partial charge in [0.2, 0.25) is 5.91 Å². The second-order valence-corrected chi connectivity index (χ2v) is 6.62. The molecule has 3 nitrogen and oxygen atoms in total. The molecule has 3 atom stereocenters. The van der Waals surface area contributed by atoms with Gasteiger partial charge in [0.15, 0.2) is 0 Å². The van der Waals surface area contributed by atoms with Gasteiger partial charge in [-0.05, 0) is 42.2 Å². The zero-order chi connectivity index (χ0) is 15.4. The van der Waals surface area contributed by atoms with Gasteiger partial charge in [-0.2, -0.15) is 0 Å². The van der Waals surface area contributed by atoms with E-state index in [4.69, 9.17) is 0 Å². The highest BCUT2D eigenvalue weighted by Crippen LogP contribution is 2.37. The van der Waals surface area contributed by atoms with Gasteiger partial charge in [-0.15, -0.1) is 0 Å². The van der Waals surface area contributed by atoms with Crippen LogP contribution < -0.4 is 10.6 Å². The number of carbonyl (C=O) groups is 1. The van der Waals surface area contributed by atoms with E-state index >= 15 is 0 Å². The molecule has 0 radical (unpaired) electrons. The predicted octanol–water partition coefficient (Wildman–Crippen LogP) is 3.38. The highest BCUT2D eigenvalue weighted by Gasteiger charge is 2.28. The van der Waals surface area contributed by atoms with E-state index in [0.29, 0.717) is 17.9 Å². The molecule has 0 aliphatic heterocycles. The number of benzene rings is 1. The summed E-state index contributed by atoms with van der Waals surface area (Å²) in [6.07, 6.45) is 3.15. The first-order chi connectivity index (χ1) is 10.0. The fourth-order valence-corrected chi connectivity index (χ4v) is 3.32. The SMILES string of the molecule is CNC(=O)C(CC(C)C)NC1CCC(C)c2ccccc21. The van der Waals surface area contributed by atoms with Gasteiger partial charge in [0, 0.05) is 13.1 Å². The lowest BCUT2D eigenvalue weighted by molar-refractivity contribution is -0.123. The summed E-state index contributed by atoms with van der Waals surface area (Å²) in [7, 11) is 1.72. The second-order valence-electron chi connectivity index (χ2n) is 6.62. The Bertz CT molecular complexity index is 484. The number of rotatable bonds is 5. The highest BCUT2D eigenvalue weighted by atomic mass is 16.2. The van der Waals surface area contributed by atoms with E-state index in [0.717, 1.165) is 12.8 Å². The molecule has 1 aromatic rings. The number of likely N-dealkylation sites (N-methyl/N-ethyl adjacent to an activating group) is 1. The van der Waals surface area contributed by atoms with Crippen LogP contribution in [0.3, 0.4) is 0 Å². The van der Waals surface area contributed by atoms with Crippen molar-refractivity contribution in [2.75, 3.05) is 7.05 Å². The quantitative estimate of drug-likeness (QED) is 0.872. The van der Waals surface area contributed by atoms with Crippen molar-refractivity contribution in [2.24, 2.45) is 5.92 Å². The van der Waals surface area contributed by atoms with Crippen molar-refractivity contribution in [2.45, 2.75) is 58.0 Å². The van der Waals surface area contributed by atoms with Gasteiger partial charge in [0.05, 0.1) is 6.04 Å². The minimum Gasteiger partial charge on any atom is -0.358 e. The number of nitrogens with one attached hydrogen (secondary N) is 2. The molecule has 3 unspecified atom stereocenters. The van der Waals surface area contributed by atoms with Gasteiger partial charge in [-0.25, -0.2) is 0 Å². The molecule has 1 aliphatic carbocycles. The van der Waals surface area contributed by atoms with Gasteiger partial charge < -0.3 is 5.32 Å². The Balaban J connectivity index is 2.18. The van der Waals surface area contributed by atoms with E-state index in [9.17, 15) is 4.79 Å². The smallest absolute Gasteiger partial charge is 0.236 e. The first-order valence-corrected chi connectivity index (χ1v) is 8.09. The van der Waals surface area contributed by atoms with Crippen molar-refractivity contribution >= 4 is 5.91 Å². The van der Waals surface area contributed by atoms with Crippen LogP contribution in [-0.4, -0.2) is 19.0 Å². The van der Waals surface area contributed by atoms with Gasteiger partial charge in [-0.1, -0.05) is 45.0 Å². The second kappa shape index (κ2) is 7.08. The van der Waals surface area contributed by atoms with E-state index in [1.54, 1.807) is 7.05 Å². The molecule has 2 N–H and O–H groups in total. The molecular weight excluding hydrogens is 260 g/mol. The lowest BCUT2D eigenvalue weighted by Gasteiger charge is -2.33. The van der Waals surface area contributed by atoms with Crippen LogP contribution in [0.5, 0.6) is 0 Å². The van der Waals surface area contributed by atoms with Gasteiger partial charge in [0.25, 0.3) is 0 Å². The topological polar surface area (TPSA) is 41.1 Å². The van der Waals surface area contributed by atoms with Crippen LogP contribution in [0.25, 0.3) is 0 Å². The van der Waals surface area contributed by atoms with Crippen LogP contribution in [-0.2, 0) is 4.79 Å². The number of carbonyl (C=O) groups excluding carboxylic acids is 1. The van der Waals surface area contributed by atoms with Crippen LogP contribution in [0.1, 0.15) is 63.1 Å². The summed E-state index contributed by atoms with van der Waals surface area (Å²) < 4.78 is 0. The van der Waals surface area contributed by atoms with Crippen LogP contribution in [0.2, 0.25) is 0 Å². The average Bonchev–Trinajstić information content (AvgIpc) is 2.48. The van der Waals surface area contributed by atoms with Crippen molar-refractivity contribution in [3.8, 4) is 0 Å². The zero-order valence-corrected chi connectivity index (χ0v) is 13.6. The van der Waals surface area contributed by atoms with Crippen LogP contribution in [0, 0.1) is 5.92 Å². The maximum Gasteiger partial charge on any atom is 0.236 e. The minimum atomic E-state index is -0.110. The van der Waals surface area contributed by atoms with Crippen LogP contribution in [0.4, 0.5) is 0 Å². The third-order valence-corrected chi connectivity index (χ3v) is 4.46. The highest BCUT2D eigenvalue weighted by molar-refractivity contribution is 5.81. The van der Waals surface area contributed by atoms with Gasteiger partial charge in [0.1, 0.15) is 0 Å². The largest absolute Gasteiger partial charge is 0.358 e. The predicted molar refractivity (Wildman–Crippen MR) is 87.3 cm³/mol. The Kier molecular flexibility index (Phi) is 5.40. The molecule has 1 amide bonds. The molecular formula is C18H28N2O. The molecule has 0 heterocycles. The molecule has 0 aromatic heterocycles. The molecule has 1 aromatic carbocycles. The Labute approximate surface area is 128 Å². The molecule has 0 saturated heterocycles. The maximum absolute atomic E-state index is 12.1. The molecule has 0 fully saturated rings. The summed E-state index contributed by atoms with van der Waals surface area (Å²) in [6.45, 7) is 6.61. The molecule has 1 aliphatic rings. The maximum atomic E-state index is 12.1. The fraction of sp³-hybridized carbons (Fsp3) is 0.611. The zero-order valence-electron chi connectivity index (χ0n) is 13.6. The minimum absolute atomic E-state index is 0.0970. The van der Waals surface area contributed by atoms with E-state index < -0.39 is 0 Å².